The summed E-state index contributed by atoms with van der Waals surface area (Å²) in [7, 11) is 0. The molecule has 5 heteroatoms. The van der Waals surface area contributed by atoms with Gasteiger partial charge in [-0.3, -0.25) is 0 Å². The summed E-state index contributed by atoms with van der Waals surface area (Å²) in [4.78, 5) is 0. The Morgan fingerprint density at radius 2 is 0.674 bits per heavy atom. The molecule has 0 amide bonds. The predicted octanol–water partition coefficient (Wildman–Crippen LogP) is 12.3. The smallest absolute Gasteiger partial charge is 0.149 e. The lowest BCUT2D eigenvalue weighted by atomic mass is 9.96. The van der Waals surface area contributed by atoms with Crippen molar-refractivity contribution in [3.63, 3.8) is 0 Å². The molecular formula is C38H25F2I3. The van der Waals surface area contributed by atoms with Gasteiger partial charge in [0.2, 0.25) is 0 Å². The molecule has 0 heterocycles. The van der Waals surface area contributed by atoms with Crippen LogP contribution in [0.1, 0.15) is 16.7 Å². The third-order valence-electron chi connectivity index (χ3n) is 7.61. The summed E-state index contributed by atoms with van der Waals surface area (Å²) in [5.41, 5.74) is 12.0. The molecule has 0 unspecified atom stereocenters. The van der Waals surface area contributed by atoms with Crippen LogP contribution in [-0.4, -0.2) is 0 Å². The van der Waals surface area contributed by atoms with Crippen LogP contribution in [0.3, 0.4) is 0 Å². The molecule has 0 saturated heterocycles. The molecule has 0 aliphatic heterocycles. The maximum atomic E-state index is 14.0. The lowest BCUT2D eigenvalue weighted by molar-refractivity contribution is 0.611. The maximum Gasteiger partial charge on any atom is 0.149 e. The first kappa shape index (κ1) is 30.4. The summed E-state index contributed by atoms with van der Waals surface area (Å²) in [6.07, 6.45) is 0.864. The molecule has 0 nitrogen and oxygen atoms in total. The molecule has 212 valence electrons. The van der Waals surface area contributed by atoms with Gasteiger partial charge in [0.15, 0.2) is 0 Å². The fraction of sp³-hybridized carbons (Fsp3) is 0.0526. The van der Waals surface area contributed by atoms with E-state index in [-0.39, 0.29) is 11.6 Å². The monoisotopic (exact) mass is 900 g/mol. The van der Waals surface area contributed by atoms with E-state index >= 15 is 0 Å². The largest absolute Gasteiger partial charge is 0.206 e. The van der Waals surface area contributed by atoms with Gasteiger partial charge in [-0.05, 0) is 167 Å². The summed E-state index contributed by atoms with van der Waals surface area (Å²) in [5.74, 6) is -0.298. The average molecular weight is 900 g/mol. The van der Waals surface area contributed by atoms with Crippen LogP contribution in [0.2, 0.25) is 0 Å². The topological polar surface area (TPSA) is 0 Å². The highest BCUT2D eigenvalue weighted by Gasteiger charge is 2.10. The number of hydrogen-bond acceptors (Lipinski definition) is 0. The highest BCUT2D eigenvalue weighted by Crippen LogP contribution is 2.31. The van der Waals surface area contributed by atoms with Crippen LogP contribution < -0.4 is 0 Å². The molecule has 0 radical (unpaired) electrons. The summed E-state index contributed by atoms with van der Waals surface area (Å²) in [6, 6.07) is 42.0. The lowest BCUT2D eigenvalue weighted by Gasteiger charge is -2.09. The van der Waals surface area contributed by atoms with E-state index in [2.05, 4.69) is 120 Å². The van der Waals surface area contributed by atoms with Crippen molar-refractivity contribution >= 4 is 67.8 Å². The van der Waals surface area contributed by atoms with Crippen LogP contribution in [0.5, 0.6) is 0 Å². The number of rotatable bonds is 6. The number of aryl methyl sites for hydroxylation is 1. The van der Waals surface area contributed by atoms with E-state index < -0.39 is 0 Å². The summed E-state index contributed by atoms with van der Waals surface area (Å²) in [5, 5.41) is 0. The zero-order chi connectivity index (χ0) is 30.1. The zero-order valence-corrected chi connectivity index (χ0v) is 29.6. The summed E-state index contributed by atoms with van der Waals surface area (Å²) >= 11 is 6.15. The first-order chi connectivity index (χ1) is 20.7. The van der Waals surface area contributed by atoms with Crippen molar-refractivity contribution in [3.05, 3.63) is 160 Å². The molecule has 0 bridgehead atoms. The SMILES string of the molecule is Cc1cc(-c2ccc(-c3ccc(Cc4ccc(-c5ccc(-c6cc(I)c(F)c(I)c6)cc5)cc4)cc3)cc2)cc(I)c1F. The first-order valence-electron chi connectivity index (χ1n) is 13.7. The van der Waals surface area contributed by atoms with E-state index in [1.54, 1.807) is 0 Å². The molecule has 6 aromatic rings. The second-order valence-electron chi connectivity index (χ2n) is 10.6. The van der Waals surface area contributed by atoms with Crippen molar-refractivity contribution in [1.82, 2.24) is 0 Å². The zero-order valence-electron chi connectivity index (χ0n) is 23.1. The third kappa shape index (κ3) is 6.88. The van der Waals surface area contributed by atoms with Crippen LogP contribution in [0.15, 0.2) is 121 Å². The minimum Gasteiger partial charge on any atom is -0.206 e. The molecule has 0 spiro atoms. The Hall–Kier alpha value is -2.63. The van der Waals surface area contributed by atoms with Crippen molar-refractivity contribution in [2.45, 2.75) is 13.3 Å². The number of halogens is 5. The van der Waals surface area contributed by atoms with Crippen LogP contribution in [0.25, 0.3) is 44.5 Å². The molecule has 0 saturated carbocycles. The Morgan fingerprint density at radius 1 is 0.395 bits per heavy atom. The van der Waals surface area contributed by atoms with Gasteiger partial charge in [-0.25, -0.2) is 8.78 Å². The number of benzene rings is 6. The van der Waals surface area contributed by atoms with Gasteiger partial charge >= 0.3 is 0 Å². The van der Waals surface area contributed by atoms with Crippen LogP contribution in [0, 0.1) is 29.3 Å². The van der Waals surface area contributed by atoms with Gasteiger partial charge in [0, 0.05) is 3.57 Å². The van der Waals surface area contributed by atoms with Gasteiger partial charge in [0.05, 0.1) is 7.14 Å². The van der Waals surface area contributed by atoms with Crippen LogP contribution >= 0.6 is 67.8 Å². The molecule has 0 aromatic heterocycles. The fourth-order valence-corrected chi connectivity index (χ4v) is 7.72. The predicted molar refractivity (Wildman–Crippen MR) is 200 cm³/mol. The molecule has 0 fully saturated rings. The molecular weight excluding hydrogens is 875 g/mol. The van der Waals surface area contributed by atoms with E-state index in [1.165, 1.54) is 22.3 Å². The lowest BCUT2D eigenvalue weighted by Crippen LogP contribution is -1.90. The molecule has 6 rings (SSSR count). The second kappa shape index (κ2) is 13.2. The highest BCUT2D eigenvalue weighted by molar-refractivity contribution is 14.1. The molecule has 0 aliphatic rings. The van der Waals surface area contributed by atoms with Crippen LogP contribution in [-0.2, 0) is 6.42 Å². The minimum absolute atomic E-state index is 0.143. The quantitative estimate of drug-likeness (QED) is 0.115. The second-order valence-corrected chi connectivity index (χ2v) is 14.1. The van der Waals surface area contributed by atoms with E-state index in [9.17, 15) is 8.78 Å². The Labute approximate surface area is 292 Å². The van der Waals surface area contributed by atoms with E-state index in [1.807, 2.05) is 76.4 Å². The van der Waals surface area contributed by atoms with Gasteiger partial charge in [0.25, 0.3) is 0 Å². The summed E-state index contributed by atoms with van der Waals surface area (Å²) in [6.45, 7) is 1.81. The molecule has 0 aliphatic carbocycles. The van der Waals surface area contributed by atoms with Crippen molar-refractivity contribution in [1.29, 1.82) is 0 Å². The average Bonchev–Trinajstić information content (AvgIpc) is 3.03. The third-order valence-corrected chi connectivity index (χ3v) is 9.97. The fourth-order valence-electron chi connectivity index (χ4n) is 5.19. The maximum absolute atomic E-state index is 14.0. The molecule has 6 aromatic carbocycles. The Kier molecular flexibility index (Phi) is 9.30. The molecule has 0 atom stereocenters. The Morgan fingerprint density at radius 3 is 1.02 bits per heavy atom. The van der Waals surface area contributed by atoms with Gasteiger partial charge in [0.1, 0.15) is 11.6 Å². The van der Waals surface area contributed by atoms with E-state index in [0.717, 1.165) is 39.8 Å². The highest BCUT2D eigenvalue weighted by atomic mass is 127. The molecule has 43 heavy (non-hydrogen) atoms. The van der Waals surface area contributed by atoms with Crippen molar-refractivity contribution < 1.29 is 8.78 Å². The Bertz CT molecular complexity index is 1720. The van der Waals surface area contributed by atoms with E-state index in [4.69, 9.17) is 0 Å². The number of hydrogen-bond donors (Lipinski definition) is 0. The first-order valence-corrected chi connectivity index (χ1v) is 17.0. The standard InChI is InChI=1S/C38H25F2I3/c1-23-18-32(20-34(41)37(23)39)30-14-10-28(11-15-30)26-6-2-24(3-7-26)19-25-4-8-27(9-5-25)29-12-16-31(17-13-29)33-21-35(42)38(40)36(43)22-33/h2-18,20-22H,19H2,1H3. The van der Waals surface area contributed by atoms with E-state index in [0.29, 0.717) is 16.3 Å². The van der Waals surface area contributed by atoms with Gasteiger partial charge in [-0.1, -0.05) is 97.1 Å². The normalized spacial score (nSPS) is 11.1. The Balaban J connectivity index is 1.11. The van der Waals surface area contributed by atoms with Crippen LogP contribution in [0.4, 0.5) is 8.78 Å². The summed E-state index contributed by atoms with van der Waals surface area (Å²) < 4.78 is 30.0. The van der Waals surface area contributed by atoms with Gasteiger partial charge in [-0.15, -0.1) is 0 Å². The molecule has 0 N–H and O–H groups in total. The van der Waals surface area contributed by atoms with Gasteiger partial charge < -0.3 is 0 Å². The van der Waals surface area contributed by atoms with Gasteiger partial charge in [-0.2, -0.15) is 0 Å². The van der Waals surface area contributed by atoms with Crippen molar-refractivity contribution in [3.8, 4) is 44.5 Å². The van der Waals surface area contributed by atoms with Crippen molar-refractivity contribution in [2.24, 2.45) is 0 Å². The van der Waals surface area contributed by atoms with Crippen molar-refractivity contribution in [2.75, 3.05) is 0 Å². The minimum atomic E-state index is -0.156.